The predicted octanol–water partition coefficient (Wildman–Crippen LogP) is 3.55. The Kier molecular flexibility index (Phi) is 11.2. The molecule has 2 amide bonds. The van der Waals surface area contributed by atoms with E-state index in [1.807, 2.05) is 25.1 Å². The molecule has 2 rings (SSSR count). The van der Waals surface area contributed by atoms with Crippen LogP contribution in [0.1, 0.15) is 64.0 Å². The molecule has 8 nitrogen and oxygen atoms in total. The topological polar surface area (TPSA) is 105 Å². The van der Waals surface area contributed by atoms with Crippen LogP contribution in [0.2, 0.25) is 0 Å². The van der Waals surface area contributed by atoms with Crippen LogP contribution in [0, 0.1) is 0 Å². The van der Waals surface area contributed by atoms with Crippen molar-refractivity contribution in [3.8, 4) is 5.75 Å². The van der Waals surface area contributed by atoms with Crippen molar-refractivity contribution in [3.63, 3.8) is 0 Å². The number of ether oxygens (including phenoxy) is 2. The molecule has 0 saturated carbocycles. The normalized spacial score (nSPS) is 14.5. The number of carbonyl (C=O) groups is 3. The molecule has 1 saturated heterocycles. The Labute approximate surface area is 184 Å². The molecule has 1 aliphatic heterocycles. The summed E-state index contributed by atoms with van der Waals surface area (Å²) in [7, 11) is 3.14. The maximum atomic E-state index is 12.3. The number of rotatable bonds is 10. The van der Waals surface area contributed by atoms with E-state index in [1.54, 1.807) is 14.0 Å². The first-order valence-electron chi connectivity index (χ1n) is 10.6. The molecule has 1 heterocycles. The van der Waals surface area contributed by atoms with Gasteiger partial charge >= 0.3 is 17.8 Å². The Morgan fingerprint density at radius 2 is 1.77 bits per heavy atom. The van der Waals surface area contributed by atoms with Crippen LogP contribution in [0.4, 0.5) is 0 Å². The van der Waals surface area contributed by atoms with E-state index >= 15 is 0 Å². The van der Waals surface area contributed by atoms with Crippen molar-refractivity contribution in [2.75, 3.05) is 20.8 Å². The summed E-state index contributed by atoms with van der Waals surface area (Å²) in [6.45, 7) is 6.26. The second kappa shape index (κ2) is 13.3. The number of hydrogen-bond acceptors (Lipinski definition) is 5. The van der Waals surface area contributed by atoms with Gasteiger partial charge in [-0.2, -0.15) is 0 Å². The summed E-state index contributed by atoms with van der Waals surface area (Å²) < 4.78 is 11.2. The van der Waals surface area contributed by atoms with Crippen LogP contribution < -0.4 is 10.1 Å². The fourth-order valence-corrected chi connectivity index (χ4v) is 3.16. The highest BCUT2D eigenvalue weighted by Crippen LogP contribution is 2.33. The number of nitrogens with zero attached hydrogens (tertiary/aromatic N) is 1. The van der Waals surface area contributed by atoms with Gasteiger partial charge in [-0.1, -0.05) is 52.2 Å². The summed E-state index contributed by atoms with van der Waals surface area (Å²) in [5.41, 5.74) is 1.75. The van der Waals surface area contributed by atoms with E-state index in [9.17, 15) is 14.4 Å². The van der Waals surface area contributed by atoms with E-state index in [1.165, 1.54) is 12.0 Å². The Balaban J connectivity index is 0.000000861. The van der Waals surface area contributed by atoms with Crippen LogP contribution in [0.5, 0.6) is 5.75 Å². The molecule has 0 unspecified atom stereocenters. The Morgan fingerprint density at radius 3 is 2.29 bits per heavy atom. The number of carboxylic acid groups (broad SMARTS) is 1. The zero-order valence-electron chi connectivity index (χ0n) is 19.1. The van der Waals surface area contributed by atoms with E-state index in [2.05, 4.69) is 12.2 Å². The summed E-state index contributed by atoms with van der Waals surface area (Å²) >= 11 is 0. The standard InChI is InChI=1S/C20H28N2O4.C3H6O2/c1-5-7-8-9-13-22-18(21-19(23)20(22)24)17(26-4)15-12-10-11-14(6-2)16(15)25-3;1-2-3(4)5/h10-12H,5-9,13H2,1-4H3,(H,21,23);2H2,1H3,(H,4,5). The second-order valence-corrected chi connectivity index (χ2v) is 6.95. The summed E-state index contributed by atoms with van der Waals surface area (Å²) in [6.07, 6.45) is 5.08. The van der Waals surface area contributed by atoms with Gasteiger partial charge in [0.2, 0.25) is 0 Å². The van der Waals surface area contributed by atoms with Gasteiger partial charge in [-0.25, -0.2) is 0 Å². The van der Waals surface area contributed by atoms with E-state index in [0.717, 1.165) is 43.2 Å². The number of carboxylic acids is 1. The maximum absolute atomic E-state index is 12.3. The first-order chi connectivity index (χ1) is 14.9. The van der Waals surface area contributed by atoms with Crippen molar-refractivity contribution >= 4 is 23.5 Å². The van der Waals surface area contributed by atoms with Gasteiger partial charge in [0.25, 0.3) is 0 Å². The molecule has 0 atom stereocenters. The molecule has 8 heteroatoms. The van der Waals surface area contributed by atoms with Crippen molar-refractivity contribution in [2.45, 2.75) is 59.3 Å². The number of methoxy groups -OCH3 is 2. The third-order valence-electron chi connectivity index (χ3n) is 4.82. The number of aliphatic carboxylic acids is 1. The SMILES string of the molecule is CCC(=O)O.CCCCCCN1C(=O)C(=O)NC1=C(OC)c1cccc(CC)c1OC. The number of amides is 2. The Bertz CT molecular complexity index is 803. The van der Waals surface area contributed by atoms with Gasteiger partial charge < -0.3 is 19.9 Å². The van der Waals surface area contributed by atoms with Crippen molar-refractivity contribution in [3.05, 3.63) is 35.1 Å². The Hall–Kier alpha value is -3.03. The van der Waals surface area contributed by atoms with Crippen molar-refractivity contribution < 1.29 is 29.0 Å². The molecule has 1 aromatic carbocycles. The Morgan fingerprint density at radius 1 is 1.10 bits per heavy atom. The first kappa shape index (κ1) is 26.0. The smallest absolute Gasteiger partial charge is 0.317 e. The molecule has 0 bridgehead atoms. The highest BCUT2D eigenvalue weighted by atomic mass is 16.5. The van der Waals surface area contributed by atoms with Gasteiger partial charge in [0, 0.05) is 13.0 Å². The molecule has 172 valence electrons. The predicted molar refractivity (Wildman–Crippen MR) is 118 cm³/mol. The van der Waals surface area contributed by atoms with E-state index in [0.29, 0.717) is 23.9 Å². The van der Waals surface area contributed by atoms with Crippen LogP contribution in [-0.4, -0.2) is 48.6 Å². The number of benzene rings is 1. The fourth-order valence-electron chi connectivity index (χ4n) is 3.16. The van der Waals surface area contributed by atoms with Gasteiger partial charge in [-0.15, -0.1) is 0 Å². The lowest BCUT2D eigenvalue weighted by molar-refractivity contribution is -0.140. The van der Waals surface area contributed by atoms with Crippen molar-refractivity contribution in [2.24, 2.45) is 0 Å². The highest BCUT2D eigenvalue weighted by molar-refractivity contribution is 6.38. The highest BCUT2D eigenvalue weighted by Gasteiger charge is 2.37. The zero-order valence-corrected chi connectivity index (χ0v) is 19.1. The minimum absolute atomic E-state index is 0.222. The maximum Gasteiger partial charge on any atom is 0.317 e. The lowest BCUT2D eigenvalue weighted by Crippen LogP contribution is -2.28. The molecule has 31 heavy (non-hydrogen) atoms. The number of nitrogens with one attached hydrogen (secondary N) is 1. The largest absolute Gasteiger partial charge is 0.496 e. The van der Waals surface area contributed by atoms with E-state index < -0.39 is 17.8 Å². The molecule has 0 radical (unpaired) electrons. The zero-order chi connectivity index (χ0) is 23.4. The molecular formula is C23H34N2O6. The van der Waals surface area contributed by atoms with Crippen molar-refractivity contribution in [1.82, 2.24) is 10.2 Å². The lowest BCUT2D eigenvalue weighted by Gasteiger charge is -2.21. The van der Waals surface area contributed by atoms with Crippen molar-refractivity contribution in [1.29, 1.82) is 0 Å². The lowest BCUT2D eigenvalue weighted by atomic mass is 10.0. The number of para-hydroxylation sites is 1. The fraction of sp³-hybridized carbons (Fsp3) is 0.522. The van der Waals surface area contributed by atoms with Gasteiger partial charge in [0.15, 0.2) is 11.6 Å². The quantitative estimate of drug-likeness (QED) is 0.331. The molecule has 0 spiro atoms. The van der Waals surface area contributed by atoms with Crippen LogP contribution in [-0.2, 0) is 25.5 Å². The van der Waals surface area contributed by atoms with Crippen LogP contribution in [0.25, 0.3) is 5.76 Å². The third-order valence-corrected chi connectivity index (χ3v) is 4.82. The van der Waals surface area contributed by atoms with Crippen LogP contribution in [0.15, 0.2) is 24.0 Å². The van der Waals surface area contributed by atoms with Gasteiger partial charge in [-0.3, -0.25) is 19.3 Å². The minimum Gasteiger partial charge on any atom is -0.496 e. The van der Waals surface area contributed by atoms with E-state index in [-0.39, 0.29) is 6.42 Å². The molecule has 1 aromatic rings. The number of hydrogen-bond donors (Lipinski definition) is 2. The first-order valence-corrected chi connectivity index (χ1v) is 10.6. The average Bonchev–Trinajstić information content (AvgIpc) is 3.05. The van der Waals surface area contributed by atoms with Crippen LogP contribution in [0.3, 0.4) is 0 Å². The summed E-state index contributed by atoms with van der Waals surface area (Å²) in [5, 5.41) is 10.4. The second-order valence-electron chi connectivity index (χ2n) is 6.95. The summed E-state index contributed by atoms with van der Waals surface area (Å²) in [4.78, 5) is 35.1. The number of unbranched alkanes of at least 4 members (excludes halogenated alkanes) is 3. The van der Waals surface area contributed by atoms with Gasteiger partial charge in [-0.05, 0) is 24.5 Å². The molecule has 2 N–H and O–H groups in total. The molecular weight excluding hydrogens is 400 g/mol. The van der Waals surface area contributed by atoms with Gasteiger partial charge in [0.1, 0.15) is 5.75 Å². The molecule has 1 aliphatic rings. The number of carbonyl (C=O) groups excluding carboxylic acids is 2. The molecule has 0 aliphatic carbocycles. The number of aryl methyl sites for hydroxylation is 1. The summed E-state index contributed by atoms with van der Waals surface area (Å²) in [5.74, 6) is -0.395. The molecule has 0 aromatic heterocycles. The monoisotopic (exact) mass is 434 g/mol. The van der Waals surface area contributed by atoms with E-state index in [4.69, 9.17) is 14.6 Å². The average molecular weight is 435 g/mol. The summed E-state index contributed by atoms with van der Waals surface area (Å²) in [6, 6.07) is 5.77. The molecule has 1 fully saturated rings. The minimum atomic E-state index is -0.745. The third kappa shape index (κ3) is 7.01. The van der Waals surface area contributed by atoms with Crippen LogP contribution >= 0.6 is 0 Å². The van der Waals surface area contributed by atoms with Gasteiger partial charge in [0.05, 0.1) is 19.8 Å².